The van der Waals surface area contributed by atoms with Crippen molar-refractivity contribution in [2.75, 3.05) is 12.3 Å². The van der Waals surface area contributed by atoms with E-state index in [-0.39, 0.29) is 25.0 Å². The predicted molar refractivity (Wildman–Crippen MR) is 155 cm³/mol. The summed E-state index contributed by atoms with van der Waals surface area (Å²) in [6, 6.07) is 7.38. The molecule has 0 heterocycles. The Morgan fingerprint density at radius 2 is 1.73 bits per heavy atom. The van der Waals surface area contributed by atoms with Gasteiger partial charge in [-0.05, 0) is 36.7 Å². The maximum Gasteiger partial charge on any atom is 0.408 e. The third-order valence-corrected chi connectivity index (χ3v) is 8.64. The number of aliphatic hydroxyl groups excluding tert-OH is 2. The number of ether oxygens (including phenoxy) is 1. The van der Waals surface area contributed by atoms with E-state index in [1.165, 1.54) is 0 Å². The van der Waals surface area contributed by atoms with E-state index in [4.69, 9.17) is 4.74 Å². The van der Waals surface area contributed by atoms with Gasteiger partial charge in [-0.3, -0.25) is 4.79 Å². The molecule has 1 aromatic carbocycles. The third kappa shape index (κ3) is 13.0. The van der Waals surface area contributed by atoms with Crippen molar-refractivity contribution in [3.8, 4) is 0 Å². The Balaban J connectivity index is 2.10. The summed E-state index contributed by atoms with van der Waals surface area (Å²) < 4.78 is 32.6. The molecule has 0 saturated heterocycles. The number of sulfonamides is 1. The van der Waals surface area contributed by atoms with Crippen molar-refractivity contribution in [1.29, 1.82) is 0 Å². The lowest BCUT2D eigenvalue weighted by atomic mass is 9.83. The quantitative estimate of drug-likeness (QED) is 0.176. The Kier molecular flexibility index (Phi) is 14.9. The fourth-order valence-corrected chi connectivity index (χ4v) is 6.23. The monoisotopic (exact) mass is 583 g/mol. The van der Waals surface area contributed by atoms with E-state index in [2.05, 4.69) is 15.4 Å². The molecule has 4 atom stereocenters. The van der Waals surface area contributed by atoms with Gasteiger partial charge in [0.05, 0.1) is 17.9 Å². The van der Waals surface area contributed by atoms with Crippen LogP contribution >= 0.6 is 0 Å². The van der Waals surface area contributed by atoms with Gasteiger partial charge in [-0.2, -0.15) is 0 Å². The maximum atomic E-state index is 13.4. The lowest BCUT2D eigenvalue weighted by Crippen LogP contribution is -2.56. The van der Waals surface area contributed by atoms with Gasteiger partial charge in [0, 0.05) is 6.54 Å². The van der Waals surface area contributed by atoms with E-state index in [1.807, 2.05) is 51.1 Å². The molecule has 10 nitrogen and oxygen atoms in total. The minimum Gasteiger partial charge on any atom is -0.445 e. The fourth-order valence-electron chi connectivity index (χ4n) is 5.01. The van der Waals surface area contributed by atoms with E-state index < -0.39 is 52.1 Å². The van der Waals surface area contributed by atoms with Gasteiger partial charge in [-0.25, -0.2) is 17.9 Å². The van der Waals surface area contributed by atoms with Crippen LogP contribution in [0.4, 0.5) is 4.79 Å². The van der Waals surface area contributed by atoms with Gasteiger partial charge in [-0.15, -0.1) is 0 Å². The Morgan fingerprint density at radius 1 is 1.05 bits per heavy atom. The minimum absolute atomic E-state index is 0.0542. The zero-order valence-electron chi connectivity index (χ0n) is 24.2. The van der Waals surface area contributed by atoms with Gasteiger partial charge >= 0.3 is 6.09 Å². The van der Waals surface area contributed by atoms with Gasteiger partial charge < -0.3 is 25.6 Å². The Labute approximate surface area is 239 Å². The summed E-state index contributed by atoms with van der Waals surface area (Å²) in [7, 11) is -3.82. The van der Waals surface area contributed by atoms with Gasteiger partial charge in [0.25, 0.3) is 0 Å². The highest BCUT2D eigenvalue weighted by atomic mass is 32.2. The highest BCUT2D eigenvalue weighted by Crippen LogP contribution is 2.28. The molecule has 1 aliphatic carbocycles. The van der Waals surface area contributed by atoms with Crippen LogP contribution in [0.25, 0.3) is 0 Å². The van der Waals surface area contributed by atoms with Crippen molar-refractivity contribution in [3.05, 3.63) is 35.9 Å². The van der Waals surface area contributed by atoms with Crippen molar-refractivity contribution in [1.82, 2.24) is 15.4 Å². The summed E-state index contributed by atoms with van der Waals surface area (Å²) in [5, 5.41) is 27.3. The van der Waals surface area contributed by atoms with E-state index in [1.54, 1.807) is 0 Å². The zero-order valence-corrected chi connectivity index (χ0v) is 25.0. The molecule has 1 unspecified atom stereocenters. The molecule has 5 N–H and O–H groups in total. The summed E-state index contributed by atoms with van der Waals surface area (Å²) in [6.07, 6.45) is 3.47. The zero-order chi connectivity index (χ0) is 29.5. The Hall–Kier alpha value is -2.21. The molecule has 1 fully saturated rings. The molecule has 1 saturated carbocycles. The number of rotatable bonds is 17. The van der Waals surface area contributed by atoms with Crippen molar-refractivity contribution in [2.45, 2.75) is 109 Å². The third-order valence-electron chi connectivity index (χ3n) is 7.22. The second-order valence-corrected chi connectivity index (χ2v) is 13.2. The van der Waals surface area contributed by atoms with Crippen LogP contribution in [0.2, 0.25) is 0 Å². The van der Waals surface area contributed by atoms with Crippen molar-refractivity contribution < 1.29 is 33.0 Å². The second-order valence-electron chi connectivity index (χ2n) is 11.3. The highest BCUT2D eigenvalue weighted by Gasteiger charge is 2.35. The lowest BCUT2D eigenvalue weighted by molar-refractivity contribution is -0.126. The first kappa shape index (κ1) is 34.0. The number of nitrogens with one attached hydrogen (secondary N) is 3. The van der Waals surface area contributed by atoms with Crippen LogP contribution in [0, 0.1) is 11.8 Å². The van der Waals surface area contributed by atoms with Crippen LogP contribution in [-0.2, 0) is 26.2 Å². The van der Waals surface area contributed by atoms with Crippen LogP contribution in [0.15, 0.2) is 30.3 Å². The van der Waals surface area contributed by atoms with Crippen molar-refractivity contribution >= 4 is 22.0 Å². The topological polar surface area (TPSA) is 154 Å². The molecule has 0 aromatic heterocycles. The predicted octanol–water partition coefficient (Wildman–Crippen LogP) is 3.22. The molecule has 2 amide bonds. The summed E-state index contributed by atoms with van der Waals surface area (Å²) in [5.74, 6) is -0.889. The average molecular weight is 584 g/mol. The number of benzene rings is 1. The minimum atomic E-state index is -3.82. The number of carbonyl (C=O) groups is 2. The number of hydrogen-bond acceptors (Lipinski definition) is 7. The van der Waals surface area contributed by atoms with Gasteiger partial charge in [0.15, 0.2) is 0 Å². The normalized spacial score (nSPS) is 17.6. The van der Waals surface area contributed by atoms with Gasteiger partial charge in [0.1, 0.15) is 18.8 Å². The first-order valence-corrected chi connectivity index (χ1v) is 16.3. The Bertz CT molecular complexity index is 985. The molecule has 11 heteroatoms. The molecule has 0 radical (unpaired) electrons. The largest absolute Gasteiger partial charge is 0.445 e. The Morgan fingerprint density at radius 3 is 2.35 bits per heavy atom. The van der Waals surface area contributed by atoms with Crippen LogP contribution in [-0.4, -0.2) is 67.2 Å². The lowest BCUT2D eigenvalue weighted by Gasteiger charge is -2.33. The smallest absolute Gasteiger partial charge is 0.408 e. The average Bonchev–Trinajstić information content (AvgIpc) is 2.91. The molecule has 0 bridgehead atoms. The second kappa shape index (κ2) is 17.6. The first-order valence-electron chi connectivity index (χ1n) is 14.6. The van der Waals surface area contributed by atoms with E-state index in [9.17, 15) is 28.2 Å². The molecular formula is C29H49N3O7S. The van der Waals surface area contributed by atoms with E-state index >= 15 is 0 Å². The first-order chi connectivity index (χ1) is 19.0. The SMILES string of the molecule is CCCCNS(=O)(=O)C[C@@H](O)C(O)[C@@H](CC1CCCCC1)NC(=O)[C@H](CC(C)C)NC(=O)OCc1ccccc1. The van der Waals surface area contributed by atoms with Crippen molar-refractivity contribution in [2.24, 2.45) is 11.8 Å². The highest BCUT2D eigenvalue weighted by molar-refractivity contribution is 7.89. The molecule has 1 aromatic rings. The molecule has 0 spiro atoms. The molecule has 1 aliphatic rings. The maximum absolute atomic E-state index is 13.4. The summed E-state index contributed by atoms with van der Waals surface area (Å²) >= 11 is 0. The number of alkyl carbamates (subject to hydrolysis) is 1. The van der Waals surface area contributed by atoms with Crippen molar-refractivity contribution in [3.63, 3.8) is 0 Å². The van der Waals surface area contributed by atoms with Crippen LogP contribution < -0.4 is 15.4 Å². The van der Waals surface area contributed by atoms with Gasteiger partial charge in [-0.1, -0.05) is 89.6 Å². The molecule has 0 aliphatic heterocycles. The van der Waals surface area contributed by atoms with Crippen LogP contribution in [0.5, 0.6) is 0 Å². The standard InChI is InChI=1S/C29H49N3O7S/c1-4-5-16-30-40(37,38)20-26(33)27(34)24(18-22-12-8-6-9-13-22)31-28(35)25(17-21(2)3)32-29(36)39-19-23-14-10-7-11-15-23/h7,10-11,14-15,21-22,24-27,30,33-34H,4-6,8-9,12-13,16-20H2,1-3H3,(H,31,35)(H,32,36)/t24-,25+,26-,27?/m1/s1. The van der Waals surface area contributed by atoms with E-state index in [0.29, 0.717) is 19.3 Å². The number of aliphatic hydroxyl groups is 2. The summed E-state index contributed by atoms with van der Waals surface area (Å²) in [5.41, 5.74) is 0.811. The van der Waals surface area contributed by atoms with Crippen LogP contribution in [0.3, 0.4) is 0 Å². The number of amides is 2. The van der Waals surface area contributed by atoms with Gasteiger partial charge in [0.2, 0.25) is 15.9 Å². The molecule has 40 heavy (non-hydrogen) atoms. The summed E-state index contributed by atoms with van der Waals surface area (Å²) in [4.78, 5) is 26.0. The molecular weight excluding hydrogens is 534 g/mol. The summed E-state index contributed by atoms with van der Waals surface area (Å²) in [6.45, 7) is 6.10. The number of hydrogen-bond donors (Lipinski definition) is 5. The molecule has 228 valence electrons. The number of carbonyl (C=O) groups excluding carboxylic acids is 2. The van der Waals surface area contributed by atoms with Crippen LogP contribution in [0.1, 0.15) is 84.1 Å². The fraction of sp³-hybridized carbons (Fsp3) is 0.724. The molecule has 2 rings (SSSR count). The number of unbranched alkanes of at least 4 members (excludes halogenated alkanes) is 1. The van der Waals surface area contributed by atoms with E-state index in [0.717, 1.165) is 44.1 Å².